The van der Waals surface area contributed by atoms with Gasteiger partial charge in [-0.15, -0.1) is 0 Å². The molecule has 0 saturated heterocycles. The highest BCUT2D eigenvalue weighted by molar-refractivity contribution is 5.96. The molecule has 0 heterocycles. The van der Waals surface area contributed by atoms with E-state index in [-0.39, 0.29) is 11.7 Å². The zero-order valence-electron chi connectivity index (χ0n) is 12.0. The van der Waals surface area contributed by atoms with Crippen LogP contribution in [-0.2, 0) is 4.79 Å². The minimum Gasteiger partial charge on any atom is -0.481 e. The van der Waals surface area contributed by atoms with Crippen molar-refractivity contribution in [2.75, 3.05) is 5.32 Å². The standard InChI is InChI=1S/C17H17NO3/c1-12(19)14-8-10-15(11-9-14)18-17(20)13(2)21-16-6-4-3-5-7-16/h3-11,13H,1-2H3,(H,18,20). The summed E-state index contributed by atoms with van der Waals surface area (Å²) in [5.41, 5.74) is 1.25. The van der Waals surface area contributed by atoms with Crippen molar-refractivity contribution in [3.05, 3.63) is 60.2 Å². The summed E-state index contributed by atoms with van der Waals surface area (Å²) < 4.78 is 5.54. The maximum atomic E-state index is 12.0. The molecule has 21 heavy (non-hydrogen) atoms. The molecule has 1 unspecified atom stereocenters. The molecule has 0 bridgehead atoms. The highest BCUT2D eigenvalue weighted by Crippen LogP contribution is 2.13. The number of amides is 1. The van der Waals surface area contributed by atoms with E-state index in [9.17, 15) is 9.59 Å². The van der Waals surface area contributed by atoms with Crippen molar-refractivity contribution in [1.82, 2.24) is 0 Å². The predicted molar refractivity (Wildman–Crippen MR) is 81.6 cm³/mol. The van der Waals surface area contributed by atoms with Gasteiger partial charge in [-0.25, -0.2) is 0 Å². The topological polar surface area (TPSA) is 55.4 Å². The number of carbonyl (C=O) groups is 2. The molecular formula is C17H17NO3. The Bertz CT molecular complexity index is 620. The Morgan fingerprint density at radius 2 is 1.62 bits per heavy atom. The lowest BCUT2D eigenvalue weighted by molar-refractivity contribution is -0.122. The van der Waals surface area contributed by atoms with Gasteiger partial charge in [-0.3, -0.25) is 9.59 Å². The summed E-state index contributed by atoms with van der Waals surface area (Å²) in [5, 5.41) is 2.75. The molecule has 1 N–H and O–H groups in total. The third-order valence-corrected chi connectivity index (χ3v) is 2.98. The fourth-order valence-corrected chi connectivity index (χ4v) is 1.79. The Labute approximate surface area is 123 Å². The highest BCUT2D eigenvalue weighted by Gasteiger charge is 2.14. The van der Waals surface area contributed by atoms with E-state index in [0.29, 0.717) is 17.0 Å². The fraction of sp³-hybridized carbons (Fsp3) is 0.176. The fourth-order valence-electron chi connectivity index (χ4n) is 1.79. The molecule has 2 aromatic rings. The number of carbonyl (C=O) groups excluding carboxylic acids is 2. The summed E-state index contributed by atoms with van der Waals surface area (Å²) in [6, 6.07) is 15.9. The third-order valence-electron chi connectivity index (χ3n) is 2.98. The zero-order chi connectivity index (χ0) is 15.2. The number of hydrogen-bond donors (Lipinski definition) is 1. The van der Waals surface area contributed by atoms with E-state index in [0.717, 1.165) is 0 Å². The Morgan fingerprint density at radius 3 is 2.19 bits per heavy atom. The lowest BCUT2D eigenvalue weighted by Gasteiger charge is -2.14. The van der Waals surface area contributed by atoms with Crippen LogP contribution in [0.25, 0.3) is 0 Å². The van der Waals surface area contributed by atoms with Gasteiger partial charge < -0.3 is 10.1 Å². The van der Waals surface area contributed by atoms with Crippen molar-refractivity contribution in [1.29, 1.82) is 0 Å². The number of rotatable bonds is 5. The molecule has 0 aromatic heterocycles. The van der Waals surface area contributed by atoms with Crippen LogP contribution < -0.4 is 10.1 Å². The summed E-state index contributed by atoms with van der Waals surface area (Å²) in [4.78, 5) is 23.2. The quantitative estimate of drug-likeness (QED) is 0.857. The van der Waals surface area contributed by atoms with Crippen LogP contribution >= 0.6 is 0 Å². The number of ether oxygens (including phenoxy) is 1. The lowest BCUT2D eigenvalue weighted by Crippen LogP contribution is -2.30. The minimum atomic E-state index is -0.611. The Hall–Kier alpha value is -2.62. The van der Waals surface area contributed by atoms with Gasteiger partial charge in [-0.05, 0) is 50.2 Å². The molecule has 0 fully saturated rings. The first kappa shape index (κ1) is 14.8. The number of hydrogen-bond acceptors (Lipinski definition) is 3. The number of para-hydroxylation sites is 1. The van der Waals surface area contributed by atoms with Crippen molar-refractivity contribution in [3.8, 4) is 5.75 Å². The first-order valence-corrected chi connectivity index (χ1v) is 6.70. The van der Waals surface area contributed by atoms with Crippen LogP contribution in [-0.4, -0.2) is 17.8 Å². The molecular weight excluding hydrogens is 266 g/mol. The van der Waals surface area contributed by atoms with E-state index in [1.807, 2.05) is 18.2 Å². The SMILES string of the molecule is CC(=O)c1ccc(NC(=O)C(C)Oc2ccccc2)cc1. The van der Waals surface area contributed by atoms with Gasteiger partial charge in [0.1, 0.15) is 5.75 Å². The van der Waals surface area contributed by atoms with E-state index < -0.39 is 6.10 Å². The summed E-state index contributed by atoms with van der Waals surface area (Å²) >= 11 is 0. The van der Waals surface area contributed by atoms with Crippen LogP contribution in [0.3, 0.4) is 0 Å². The predicted octanol–water partition coefficient (Wildman–Crippen LogP) is 3.30. The molecule has 1 amide bonds. The number of benzene rings is 2. The summed E-state index contributed by atoms with van der Waals surface area (Å²) in [6.07, 6.45) is -0.611. The Morgan fingerprint density at radius 1 is 1.00 bits per heavy atom. The highest BCUT2D eigenvalue weighted by atomic mass is 16.5. The van der Waals surface area contributed by atoms with Crippen molar-refractivity contribution in [2.45, 2.75) is 20.0 Å². The van der Waals surface area contributed by atoms with Gasteiger partial charge in [0, 0.05) is 11.3 Å². The molecule has 2 rings (SSSR count). The van der Waals surface area contributed by atoms with Crippen molar-refractivity contribution >= 4 is 17.4 Å². The van der Waals surface area contributed by atoms with Gasteiger partial charge in [0.05, 0.1) is 0 Å². The molecule has 0 saturated carbocycles. The van der Waals surface area contributed by atoms with E-state index >= 15 is 0 Å². The van der Waals surface area contributed by atoms with Crippen LogP contribution in [0.15, 0.2) is 54.6 Å². The Kier molecular flexibility index (Phi) is 4.72. The molecule has 0 aliphatic rings. The summed E-state index contributed by atoms with van der Waals surface area (Å²) in [5.74, 6) is 0.398. The second kappa shape index (κ2) is 6.70. The summed E-state index contributed by atoms with van der Waals surface area (Å²) in [6.45, 7) is 3.19. The average molecular weight is 283 g/mol. The minimum absolute atomic E-state index is 0.00587. The molecule has 4 heteroatoms. The van der Waals surface area contributed by atoms with Gasteiger partial charge in [0.2, 0.25) is 0 Å². The molecule has 0 aliphatic heterocycles. The second-order valence-electron chi connectivity index (χ2n) is 4.70. The molecule has 1 atom stereocenters. The monoisotopic (exact) mass is 283 g/mol. The van der Waals surface area contributed by atoms with Gasteiger partial charge in [-0.2, -0.15) is 0 Å². The molecule has 2 aromatic carbocycles. The molecule has 4 nitrogen and oxygen atoms in total. The van der Waals surface area contributed by atoms with Crippen LogP contribution in [0.4, 0.5) is 5.69 Å². The smallest absolute Gasteiger partial charge is 0.265 e. The third kappa shape index (κ3) is 4.18. The van der Waals surface area contributed by atoms with Gasteiger partial charge in [0.15, 0.2) is 11.9 Å². The van der Waals surface area contributed by atoms with Crippen LogP contribution in [0.2, 0.25) is 0 Å². The normalized spacial score (nSPS) is 11.5. The number of nitrogens with one attached hydrogen (secondary N) is 1. The van der Waals surface area contributed by atoms with Crippen molar-refractivity contribution in [2.24, 2.45) is 0 Å². The van der Waals surface area contributed by atoms with Gasteiger partial charge in [0.25, 0.3) is 5.91 Å². The molecule has 0 aliphatic carbocycles. The first-order chi connectivity index (χ1) is 10.1. The van der Waals surface area contributed by atoms with Crippen molar-refractivity contribution in [3.63, 3.8) is 0 Å². The van der Waals surface area contributed by atoms with Gasteiger partial charge >= 0.3 is 0 Å². The van der Waals surface area contributed by atoms with E-state index in [1.54, 1.807) is 43.3 Å². The molecule has 0 spiro atoms. The average Bonchev–Trinajstić information content (AvgIpc) is 2.48. The zero-order valence-corrected chi connectivity index (χ0v) is 12.0. The lowest BCUT2D eigenvalue weighted by atomic mass is 10.1. The van der Waals surface area contributed by atoms with Gasteiger partial charge in [-0.1, -0.05) is 18.2 Å². The van der Waals surface area contributed by atoms with Crippen LogP contribution in [0.1, 0.15) is 24.2 Å². The van der Waals surface area contributed by atoms with Crippen LogP contribution in [0.5, 0.6) is 5.75 Å². The maximum Gasteiger partial charge on any atom is 0.265 e. The summed E-state index contributed by atoms with van der Waals surface area (Å²) in [7, 11) is 0. The number of ketones is 1. The molecule has 0 radical (unpaired) electrons. The second-order valence-corrected chi connectivity index (χ2v) is 4.70. The van der Waals surface area contributed by atoms with E-state index in [2.05, 4.69) is 5.32 Å². The van der Waals surface area contributed by atoms with Crippen molar-refractivity contribution < 1.29 is 14.3 Å². The Balaban J connectivity index is 1.95. The first-order valence-electron chi connectivity index (χ1n) is 6.70. The largest absolute Gasteiger partial charge is 0.481 e. The van der Waals surface area contributed by atoms with E-state index in [4.69, 9.17) is 4.74 Å². The molecule has 108 valence electrons. The number of anilines is 1. The number of Topliss-reactive ketones (excluding diaryl/α,β-unsaturated/α-hetero) is 1. The van der Waals surface area contributed by atoms with E-state index in [1.165, 1.54) is 6.92 Å². The van der Waals surface area contributed by atoms with Crippen LogP contribution in [0, 0.1) is 0 Å². The maximum absolute atomic E-state index is 12.0.